The second-order valence-corrected chi connectivity index (χ2v) is 8.66. The summed E-state index contributed by atoms with van der Waals surface area (Å²) in [7, 11) is 0. The molecule has 1 aliphatic heterocycles. The molecule has 0 aliphatic carbocycles. The molecule has 0 radical (unpaired) electrons. The van der Waals surface area contributed by atoms with Gasteiger partial charge >= 0.3 is 0 Å². The summed E-state index contributed by atoms with van der Waals surface area (Å²) >= 11 is 12.6. The van der Waals surface area contributed by atoms with Crippen molar-refractivity contribution in [1.82, 2.24) is 15.1 Å². The molecule has 2 heterocycles. The third-order valence-corrected chi connectivity index (χ3v) is 6.38. The molecule has 1 N–H and O–H groups in total. The van der Waals surface area contributed by atoms with Gasteiger partial charge in [0.1, 0.15) is 0 Å². The molecule has 1 unspecified atom stereocenters. The van der Waals surface area contributed by atoms with Crippen molar-refractivity contribution in [2.24, 2.45) is 0 Å². The van der Waals surface area contributed by atoms with Gasteiger partial charge in [-0.15, -0.1) is 0 Å². The minimum Gasteiger partial charge on any atom is -0.381 e. The Morgan fingerprint density at radius 3 is 2.45 bits per heavy atom. The lowest BCUT2D eigenvalue weighted by Gasteiger charge is -2.24. The van der Waals surface area contributed by atoms with Crippen molar-refractivity contribution in [3.63, 3.8) is 0 Å². The van der Waals surface area contributed by atoms with E-state index in [1.165, 1.54) is 0 Å². The van der Waals surface area contributed by atoms with Crippen molar-refractivity contribution >= 4 is 29.1 Å². The van der Waals surface area contributed by atoms with E-state index < -0.39 is 6.04 Å². The van der Waals surface area contributed by atoms with E-state index in [1.54, 1.807) is 0 Å². The van der Waals surface area contributed by atoms with Crippen molar-refractivity contribution in [3.05, 3.63) is 86.7 Å². The van der Waals surface area contributed by atoms with Gasteiger partial charge in [-0.1, -0.05) is 53.5 Å². The summed E-state index contributed by atoms with van der Waals surface area (Å²) in [5, 5.41) is 9.10. The Morgan fingerprint density at radius 1 is 1.10 bits per heavy atom. The third-order valence-electron chi connectivity index (χ3n) is 5.78. The smallest absolute Gasteiger partial charge is 0.255 e. The summed E-state index contributed by atoms with van der Waals surface area (Å²) in [6.07, 6.45) is 1.80. The van der Waals surface area contributed by atoms with Crippen molar-refractivity contribution in [1.29, 1.82) is 0 Å². The van der Waals surface area contributed by atoms with Crippen LogP contribution in [0.4, 0.5) is 0 Å². The SMILES string of the molecule is Cc1nn(C2CCOCC2)c(C)c1C(=O)NC(c1ccc(Cl)cc1)c1ccccc1Cl. The molecule has 1 saturated heterocycles. The number of nitrogens with zero attached hydrogens (tertiary/aromatic N) is 2. The number of rotatable bonds is 5. The molecule has 0 saturated carbocycles. The number of benzene rings is 2. The van der Waals surface area contributed by atoms with Gasteiger partial charge in [0, 0.05) is 29.0 Å². The Bertz CT molecular complexity index is 1070. The van der Waals surface area contributed by atoms with Crippen LogP contribution in [0.1, 0.15) is 57.8 Å². The van der Waals surface area contributed by atoms with Gasteiger partial charge in [-0.2, -0.15) is 5.10 Å². The molecule has 0 bridgehead atoms. The zero-order valence-electron chi connectivity index (χ0n) is 17.6. The summed E-state index contributed by atoms with van der Waals surface area (Å²) < 4.78 is 7.46. The monoisotopic (exact) mass is 457 g/mol. The summed E-state index contributed by atoms with van der Waals surface area (Å²) in [5.41, 5.74) is 3.92. The summed E-state index contributed by atoms with van der Waals surface area (Å²) in [5.74, 6) is -0.173. The molecular formula is C24H25Cl2N3O2. The normalized spacial score (nSPS) is 15.6. The van der Waals surface area contributed by atoms with Crippen molar-refractivity contribution in [2.45, 2.75) is 38.8 Å². The standard InChI is InChI=1S/C24H25Cl2N3O2/c1-15-22(16(2)29(28-15)19-11-13-31-14-12-19)24(30)27-23(17-7-9-18(25)10-8-17)20-5-3-4-6-21(20)26/h3-10,19,23H,11-14H2,1-2H3,(H,27,30). The molecule has 1 atom stereocenters. The Labute approximate surface area is 192 Å². The molecule has 31 heavy (non-hydrogen) atoms. The van der Waals surface area contributed by atoms with Crippen LogP contribution in [0.3, 0.4) is 0 Å². The first-order valence-corrected chi connectivity index (χ1v) is 11.2. The quantitative estimate of drug-likeness (QED) is 0.536. The lowest BCUT2D eigenvalue weighted by molar-refractivity contribution is 0.0655. The van der Waals surface area contributed by atoms with Gasteiger partial charge in [0.15, 0.2) is 0 Å². The highest BCUT2D eigenvalue weighted by atomic mass is 35.5. The molecule has 1 amide bonds. The molecule has 162 valence electrons. The van der Waals surface area contributed by atoms with Crippen LogP contribution in [0.5, 0.6) is 0 Å². The summed E-state index contributed by atoms with van der Waals surface area (Å²) in [6.45, 7) is 5.27. The van der Waals surface area contributed by atoms with Crippen LogP contribution >= 0.6 is 23.2 Å². The first kappa shape index (κ1) is 21.9. The minimum atomic E-state index is -0.413. The van der Waals surface area contributed by atoms with E-state index in [1.807, 2.05) is 67.1 Å². The molecule has 1 aromatic heterocycles. The van der Waals surface area contributed by atoms with Gasteiger partial charge in [-0.3, -0.25) is 9.48 Å². The Kier molecular flexibility index (Phi) is 6.65. The van der Waals surface area contributed by atoms with Crippen LogP contribution in [-0.4, -0.2) is 28.9 Å². The van der Waals surface area contributed by atoms with E-state index in [4.69, 9.17) is 33.0 Å². The third kappa shape index (κ3) is 4.64. The van der Waals surface area contributed by atoms with Crippen LogP contribution in [-0.2, 0) is 4.74 Å². The molecule has 2 aromatic carbocycles. The molecular weight excluding hydrogens is 433 g/mol. The van der Waals surface area contributed by atoms with Gasteiger partial charge in [-0.25, -0.2) is 0 Å². The van der Waals surface area contributed by atoms with Gasteiger partial charge in [-0.05, 0) is 56.0 Å². The van der Waals surface area contributed by atoms with Crippen molar-refractivity contribution in [3.8, 4) is 0 Å². The van der Waals surface area contributed by atoms with E-state index in [9.17, 15) is 4.79 Å². The van der Waals surface area contributed by atoms with Crippen LogP contribution < -0.4 is 5.32 Å². The highest BCUT2D eigenvalue weighted by molar-refractivity contribution is 6.31. The fraction of sp³-hybridized carbons (Fsp3) is 0.333. The van der Waals surface area contributed by atoms with Crippen molar-refractivity contribution in [2.75, 3.05) is 13.2 Å². The number of aryl methyl sites for hydroxylation is 1. The van der Waals surface area contributed by atoms with Crippen LogP contribution in [0, 0.1) is 13.8 Å². The molecule has 5 nitrogen and oxygen atoms in total. The number of nitrogens with one attached hydrogen (secondary N) is 1. The predicted octanol–water partition coefficient (Wildman–Crippen LogP) is 5.68. The van der Waals surface area contributed by atoms with Gasteiger partial charge in [0.05, 0.1) is 23.3 Å². The Balaban J connectivity index is 1.67. The molecule has 3 aromatic rings. The topological polar surface area (TPSA) is 56.2 Å². The van der Waals surface area contributed by atoms with Crippen LogP contribution in [0.25, 0.3) is 0 Å². The number of aromatic nitrogens is 2. The first-order valence-electron chi connectivity index (χ1n) is 10.4. The molecule has 4 rings (SSSR count). The minimum absolute atomic E-state index is 0.173. The van der Waals surface area contributed by atoms with E-state index in [2.05, 4.69) is 5.32 Å². The fourth-order valence-corrected chi connectivity index (χ4v) is 4.56. The number of ether oxygens (including phenoxy) is 1. The van der Waals surface area contributed by atoms with Gasteiger partial charge in [0.25, 0.3) is 5.91 Å². The van der Waals surface area contributed by atoms with E-state index in [-0.39, 0.29) is 11.9 Å². The maximum Gasteiger partial charge on any atom is 0.255 e. The van der Waals surface area contributed by atoms with Crippen LogP contribution in [0.2, 0.25) is 10.0 Å². The highest BCUT2D eigenvalue weighted by Gasteiger charge is 2.27. The zero-order chi connectivity index (χ0) is 22.0. The summed E-state index contributed by atoms with van der Waals surface area (Å²) in [6, 6.07) is 14.8. The lowest BCUT2D eigenvalue weighted by atomic mass is 9.98. The number of carbonyl (C=O) groups is 1. The Morgan fingerprint density at radius 2 is 1.77 bits per heavy atom. The number of amides is 1. The van der Waals surface area contributed by atoms with E-state index in [0.717, 1.165) is 48.6 Å². The maximum atomic E-state index is 13.5. The van der Waals surface area contributed by atoms with Gasteiger partial charge in [0.2, 0.25) is 0 Å². The van der Waals surface area contributed by atoms with Crippen molar-refractivity contribution < 1.29 is 9.53 Å². The fourth-order valence-electron chi connectivity index (χ4n) is 4.19. The average molecular weight is 458 g/mol. The largest absolute Gasteiger partial charge is 0.381 e. The summed E-state index contributed by atoms with van der Waals surface area (Å²) in [4.78, 5) is 13.5. The molecule has 1 fully saturated rings. The number of halogens is 2. The van der Waals surface area contributed by atoms with Gasteiger partial charge < -0.3 is 10.1 Å². The predicted molar refractivity (Wildman–Crippen MR) is 123 cm³/mol. The number of hydrogen-bond donors (Lipinski definition) is 1. The molecule has 1 aliphatic rings. The molecule has 0 spiro atoms. The number of hydrogen-bond acceptors (Lipinski definition) is 3. The Hall–Kier alpha value is -2.34. The number of carbonyl (C=O) groups excluding carboxylic acids is 1. The second-order valence-electron chi connectivity index (χ2n) is 7.81. The lowest BCUT2D eigenvalue weighted by Crippen LogP contribution is -2.30. The maximum absolute atomic E-state index is 13.5. The van der Waals surface area contributed by atoms with E-state index >= 15 is 0 Å². The zero-order valence-corrected chi connectivity index (χ0v) is 19.1. The first-order chi connectivity index (χ1) is 15.0. The van der Waals surface area contributed by atoms with Crippen LogP contribution in [0.15, 0.2) is 48.5 Å². The highest BCUT2D eigenvalue weighted by Crippen LogP contribution is 2.30. The average Bonchev–Trinajstić information content (AvgIpc) is 3.08. The van der Waals surface area contributed by atoms with E-state index in [0.29, 0.717) is 15.6 Å². The molecule has 7 heteroatoms. The second kappa shape index (κ2) is 9.43.